The van der Waals surface area contributed by atoms with Crippen LogP contribution in [0.1, 0.15) is 78.1 Å². The highest BCUT2D eigenvalue weighted by atomic mass is 16.5. The van der Waals surface area contributed by atoms with E-state index in [2.05, 4.69) is 26.0 Å². The fourth-order valence-electron chi connectivity index (χ4n) is 4.36. The van der Waals surface area contributed by atoms with Gasteiger partial charge in [-0.15, -0.1) is 0 Å². The van der Waals surface area contributed by atoms with Crippen molar-refractivity contribution >= 4 is 0 Å². The first-order valence-corrected chi connectivity index (χ1v) is 10.4. The molecule has 0 aromatic rings. The molecule has 0 N–H and O–H groups in total. The summed E-state index contributed by atoms with van der Waals surface area (Å²) < 4.78 is 11.3. The first-order valence-electron chi connectivity index (χ1n) is 10.4. The lowest BCUT2D eigenvalue weighted by Crippen LogP contribution is -2.27. The standard InChI is InChI=1S/C22H38O2/c1-3-5-15-23-17-19-7-11-21(12-8-19)22-13-9-20(10-14-22)18-24-16-6-4-2/h5-6,15-16,19-22H,3-4,7-14,17-18H2,1-2H3. The third-order valence-corrected chi connectivity index (χ3v) is 5.97. The van der Waals surface area contributed by atoms with Crippen LogP contribution in [-0.4, -0.2) is 13.2 Å². The summed E-state index contributed by atoms with van der Waals surface area (Å²) in [5.74, 6) is 3.54. The van der Waals surface area contributed by atoms with Gasteiger partial charge in [-0.3, -0.25) is 0 Å². The van der Waals surface area contributed by atoms with Crippen molar-refractivity contribution in [1.82, 2.24) is 0 Å². The summed E-state index contributed by atoms with van der Waals surface area (Å²) in [5.41, 5.74) is 0. The van der Waals surface area contributed by atoms with Crippen molar-refractivity contribution in [3.05, 3.63) is 24.7 Å². The first kappa shape index (κ1) is 19.4. The van der Waals surface area contributed by atoms with E-state index in [1.165, 1.54) is 51.4 Å². The smallest absolute Gasteiger partial charge is 0.0901 e. The number of hydrogen-bond donors (Lipinski definition) is 0. The van der Waals surface area contributed by atoms with Gasteiger partial charge in [0.15, 0.2) is 0 Å². The molecule has 0 heterocycles. The van der Waals surface area contributed by atoms with Crippen LogP contribution >= 0.6 is 0 Å². The molecule has 2 heteroatoms. The predicted molar refractivity (Wildman–Crippen MR) is 102 cm³/mol. The molecule has 0 atom stereocenters. The maximum absolute atomic E-state index is 5.66. The van der Waals surface area contributed by atoms with Gasteiger partial charge in [0.1, 0.15) is 0 Å². The molecule has 0 aliphatic heterocycles. The SMILES string of the molecule is CCC=COCC1CCC(C2CCC(COC=CCC)CC2)CC1. The molecular formula is C22H38O2. The molecule has 0 amide bonds. The first-order chi connectivity index (χ1) is 11.8. The largest absolute Gasteiger partial charge is 0.501 e. The Kier molecular flexibility index (Phi) is 9.38. The Morgan fingerprint density at radius 3 is 1.33 bits per heavy atom. The molecule has 2 saturated carbocycles. The Bertz CT molecular complexity index is 322. The predicted octanol–water partition coefficient (Wildman–Crippen LogP) is 6.48. The third kappa shape index (κ3) is 6.91. The Hall–Kier alpha value is -0.920. The van der Waals surface area contributed by atoms with Crippen molar-refractivity contribution in [3.63, 3.8) is 0 Å². The van der Waals surface area contributed by atoms with Crippen molar-refractivity contribution in [3.8, 4) is 0 Å². The Morgan fingerprint density at radius 2 is 1.00 bits per heavy atom. The minimum absolute atomic E-state index is 0.790. The van der Waals surface area contributed by atoms with Crippen LogP contribution in [0.3, 0.4) is 0 Å². The van der Waals surface area contributed by atoms with Crippen molar-refractivity contribution in [2.75, 3.05) is 13.2 Å². The molecule has 0 spiro atoms. The lowest BCUT2D eigenvalue weighted by Gasteiger charge is -2.37. The molecule has 2 rings (SSSR count). The van der Waals surface area contributed by atoms with Crippen molar-refractivity contribution in [1.29, 1.82) is 0 Å². The molecule has 2 nitrogen and oxygen atoms in total. The lowest BCUT2D eigenvalue weighted by molar-refractivity contribution is 0.0928. The van der Waals surface area contributed by atoms with Gasteiger partial charge in [0.2, 0.25) is 0 Å². The van der Waals surface area contributed by atoms with E-state index in [-0.39, 0.29) is 0 Å². The summed E-state index contributed by atoms with van der Waals surface area (Å²) in [5, 5.41) is 0. The van der Waals surface area contributed by atoms with Gasteiger partial charge in [0.05, 0.1) is 25.7 Å². The quantitative estimate of drug-likeness (QED) is 0.449. The third-order valence-electron chi connectivity index (χ3n) is 5.97. The number of rotatable bonds is 9. The Balaban J connectivity index is 1.58. The maximum atomic E-state index is 5.66. The van der Waals surface area contributed by atoms with Gasteiger partial charge < -0.3 is 9.47 Å². The van der Waals surface area contributed by atoms with Crippen LogP contribution in [0.5, 0.6) is 0 Å². The average Bonchev–Trinajstić information content (AvgIpc) is 2.64. The van der Waals surface area contributed by atoms with Crippen molar-refractivity contribution in [2.45, 2.75) is 78.1 Å². The van der Waals surface area contributed by atoms with Gasteiger partial charge in [-0.05, 0) is 87.9 Å². The summed E-state index contributed by atoms with van der Waals surface area (Å²) in [6.45, 7) is 6.15. The van der Waals surface area contributed by atoms with Gasteiger partial charge in [-0.25, -0.2) is 0 Å². The van der Waals surface area contributed by atoms with Crippen LogP contribution in [0.15, 0.2) is 24.7 Å². The van der Waals surface area contributed by atoms with Crippen LogP contribution < -0.4 is 0 Å². The van der Waals surface area contributed by atoms with E-state index >= 15 is 0 Å². The van der Waals surface area contributed by atoms with Crippen LogP contribution in [0.25, 0.3) is 0 Å². The molecule has 0 radical (unpaired) electrons. The topological polar surface area (TPSA) is 18.5 Å². The van der Waals surface area contributed by atoms with Gasteiger partial charge in [0.25, 0.3) is 0 Å². The highest BCUT2D eigenvalue weighted by Gasteiger charge is 2.31. The molecular weight excluding hydrogens is 296 g/mol. The van der Waals surface area contributed by atoms with E-state index in [0.717, 1.165) is 49.7 Å². The fraction of sp³-hybridized carbons (Fsp3) is 0.818. The minimum atomic E-state index is 0.790. The van der Waals surface area contributed by atoms with E-state index in [1.54, 1.807) is 0 Å². The maximum Gasteiger partial charge on any atom is 0.0901 e. The van der Waals surface area contributed by atoms with E-state index in [4.69, 9.17) is 9.47 Å². The fourth-order valence-corrected chi connectivity index (χ4v) is 4.36. The molecule has 2 aliphatic rings. The highest BCUT2D eigenvalue weighted by molar-refractivity contribution is 4.83. The van der Waals surface area contributed by atoms with Crippen LogP contribution in [0.4, 0.5) is 0 Å². The molecule has 0 aromatic heterocycles. The van der Waals surface area contributed by atoms with Crippen LogP contribution in [0, 0.1) is 23.7 Å². The molecule has 0 saturated heterocycles. The normalized spacial score (nSPS) is 31.6. The monoisotopic (exact) mass is 334 g/mol. The van der Waals surface area contributed by atoms with Gasteiger partial charge in [-0.1, -0.05) is 26.0 Å². The van der Waals surface area contributed by atoms with Crippen LogP contribution in [0.2, 0.25) is 0 Å². The number of hydrogen-bond acceptors (Lipinski definition) is 2. The number of ether oxygens (including phenoxy) is 2. The summed E-state index contributed by atoms with van der Waals surface area (Å²) in [7, 11) is 0. The molecule has 2 aliphatic carbocycles. The number of allylic oxidation sites excluding steroid dienone is 2. The molecule has 24 heavy (non-hydrogen) atoms. The zero-order valence-corrected chi connectivity index (χ0v) is 15.9. The van der Waals surface area contributed by atoms with Gasteiger partial charge in [-0.2, -0.15) is 0 Å². The Labute approximate surface area is 149 Å². The van der Waals surface area contributed by atoms with E-state index in [0.29, 0.717) is 0 Å². The second kappa shape index (κ2) is 11.6. The van der Waals surface area contributed by atoms with Crippen LogP contribution in [-0.2, 0) is 9.47 Å². The van der Waals surface area contributed by atoms with E-state index in [1.807, 2.05) is 12.5 Å². The summed E-state index contributed by atoms with van der Waals surface area (Å²) in [6.07, 6.45) is 21.3. The summed E-state index contributed by atoms with van der Waals surface area (Å²) in [6, 6.07) is 0. The average molecular weight is 335 g/mol. The molecule has 0 unspecified atom stereocenters. The second-order valence-corrected chi connectivity index (χ2v) is 7.79. The zero-order chi connectivity index (χ0) is 17.0. The van der Waals surface area contributed by atoms with E-state index in [9.17, 15) is 0 Å². The molecule has 138 valence electrons. The van der Waals surface area contributed by atoms with Crippen molar-refractivity contribution in [2.24, 2.45) is 23.7 Å². The summed E-state index contributed by atoms with van der Waals surface area (Å²) >= 11 is 0. The van der Waals surface area contributed by atoms with Gasteiger partial charge >= 0.3 is 0 Å². The van der Waals surface area contributed by atoms with Gasteiger partial charge in [0, 0.05) is 0 Å². The highest BCUT2D eigenvalue weighted by Crippen LogP contribution is 2.41. The lowest BCUT2D eigenvalue weighted by atomic mass is 9.69. The zero-order valence-electron chi connectivity index (χ0n) is 15.9. The minimum Gasteiger partial charge on any atom is -0.501 e. The summed E-state index contributed by atoms with van der Waals surface area (Å²) in [4.78, 5) is 0. The molecule has 0 bridgehead atoms. The Morgan fingerprint density at radius 1 is 0.625 bits per heavy atom. The van der Waals surface area contributed by atoms with Crippen molar-refractivity contribution < 1.29 is 9.47 Å². The molecule has 2 fully saturated rings. The second-order valence-electron chi connectivity index (χ2n) is 7.79. The molecule has 0 aromatic carbocycles. The van der Waals surface area contributed by atoms with E-state index < -0.39 is 0 Å².